The first-order valence-electron chi connectivity index (χ1n) is 6.94. The van der Waals surface area contributed by atoms with E-state index < -0.39 is 0 Å². The van der Waals surface area contributed by atoms with E-state index in [0.717, 1.165) is 17.8 Å². The van der Waals surface area contributed by atoms with Gasteiger partial charge in [0.25, 0.3) is 0 Å². The van der Waals surface area contributed by atoms with E-state index in [-0.39, 0.29) is 0 Å². The minimum Gasteiger partial charge on any atom is -0.0596 e. The Labute approximate surface area is 95.8 Å². The van der Waals surface area contributed by atoms with E-state index in [1.54, 1.807) is 0 Å². The summed E-state index contributed by atoms with van der Waals surface area (Å²) in [6, 6.07) is 0. The van der Waals surface area contributed by atoms with Crippen LogP contribution in [0.15, 0.2) is 0 Å². The summed E-state index contributed by atoms with van der Waals surface area (Å²) in [5, 5.41) is 0. The molecule has 0 heterocycles. The summed E-state index contributed by atoms with van der Waals surface area (Å²) in [4.78, 5) is 0. The maximum Gasteiger partial charge on any atom is -0.0306 e. The highest BCUT2D eigenvalue weighted by Crippen LogP contribution is 2.49. The minimum atomic E-state index is 0.296. The number of rotatable bonds is 3. The quantitative estimate of drug-likeness (QED) is 0.621. The smallest absolute Gasteiger partial charge is 0.0306 e. The third kappa shape index (κ3) is 2.57. The summed E-state index contributed by atoms with van der Waals surface area (Å²) in [6.45, 7) is 9.20. The van der Waals surface area contributed by atoms with Crippen molar-refractivity contribution in [3.8, 4) is 0 Å². The Balaban J connectivity index is 2.07. The summed E-state index contributed by atoms with van der Waals surface area (Å²) in [5.41, 5.74) is 0.296. The van der Waals surface area contributed by atoms with Gasteiger partial charge >= 0.3 is 0 Å². The van der Waals surface area contributed by atoms with Crippen LogP contribution in [0.3, 0.4) is 0 Å². The molecular formula is C15H27. The van der Waals surface area contributed by atoms with Crippen LogP contribution < -0.4 is 0 Å². The zero-order chi connectivity index (χ0) is 10.9. The van der Waals surface area contributed by atoms with Crippen molar-refractivity contribution < 1.29 is 0 Å². The van der Waals surface area contributed by atoms with Gasteiger partial charge in [0.2, 0.25) is 0 Å². The Kier molecular flexibility index (Phi) is 3.42. The van der Waals surface area contributed by atoms with Crippen molar-refractivity contribution in [1.82, 2.24) is 0 Å². The van der Waals surface area contributed by atoms with Gasteiger partial charge in [0, 0.05) is 0 Å². The lowest BCUT2D eigenvalue weighted by Gasteiger charge is -2.40. The van der Waals surface area contributed by atoms with Crippen LogP contribution >= 0.6 is 0 Å². The molecule has 0 heteroatoms. The Morgan fingerprint density at radius 3 is 1.47 bits per heavy atom. The van der Waals surface area contributed by atoms with Crippen molar-refractivity contribution in [2.75, 3.05) is 0 Å². The highest BCUT2D eigenvalue weighted by Gasteiger charge is 2.39. The summed E-state index contributed by atoms with van der Waals surface area (Å²) in [6.07, 6.45) is 11.8. The fourth-order valence-electron chi connectivity index (χ4n) is 4.29. The largest absolute Gasteiger partial charge is 0.0596 e. The molecule has 0 amide bonds. The first-order chi connectivity index (χ1) is 7.09. The Morgan fingerprint density at radius 1 is 0.867 bits per heavy atom. The van der Waals surface area contributed by atoms with Gasteiger partial charge in [-0.1, -0.05) is 65.2 Å². The van der Waals surface area contributed by atoms with Crippen molar-refractivity contribution in [3.63, 3.8) is 0 Å². The highest BCUT2D eigenvalue weighted by molar-refractivity contribution is 4.92. The molecule has 0 nitrogen and oxygen atoms in total. The summed E-state index contributed by atoms with van der Waals surface area (Å²) in [7, 11) is 0. The van der Waals surface area contributed by atoms with Gasteiger partial charge in [0.05, 0.1) is 0 Å². The molecule has 2 saturated carbocycles. The Morgan fingerprint density at radius 2 is 1.20 bits per heavy atom. The zero-order valence-corrected chi connectivity index (χ0v) is 10.6. The van der Waals surface area contributed by atoms with Crippen molar-refractivity contribution >= 4 is 0 Å². The van der Waals surface area contributed by atoms with Crippen LogP contribution in [0.5, 0.6) is 0 Å². The lowest BCUT2D eigenvalue weighted by molar-refractivity contribution is 0.113. The molecule has 2 fully saturated rings. The molecular weight excluding hydrogens is 180 g/mol. The summed E-state index contributed by atoms with van der Waals surface area (Å²) < 4.78 is 0. The molecule has 0 saturated heterocycles. The summed E-state index contributed by atoms with van der Waals surface area (Å²) in [5.74, 6) is 2.91. The lowest BCUT2D eigenvalue weighted by atomic mass is 9.65. The van der Waals surface area contributed by atoms with Crippen molar-refractivity contribution in [2.24, 2.45) is 23.2 Å². The van der Waals surface area contributed by atoms with Gasteiger partial charge in [-0.15, -0.1) is 0 Å². The average Bonchev–Trinajstić information content (AvgIpc) is 2.73. The third-order valence-corrected chi connectivity index (χ3v) is 4.72. The van der Waals surface area contributed by atoms with E-state index in [1.165, 1.54) is 51.4 Å². The molecule has 0 unspecified atom stereocenters. The average molecular weight is 207 g/mol. The monoisotopic (exact) mass is 207 g/mol. The first-order valence-corrected chi connectivity index (χ1v) is 6.94. The van der Waals surface area contributed by atoms with E-state index in [0.29, 0.717) is 5.41 Å². The van der Waals surface area contributed by atoms with Crippen LogP contribution in [0.1, 0.15) is 65.2 Å². The summed E-state index contributed by atoms with van der Waals surface area (Å²) >= 11 is 0. The third-order valence-electron chi connectivity index (χ3n) is 4.72. The molecule has 1 radical (unpaired) electrons. The second-order valence-electron chi connectivity index (χ2n) is 6.60. The molecule has 15 heavy (non-hydrogen) atoms. The van der Waals surface area contributed by atoms with Gasteiger partial charge in [-0.25, -0.2) is 0 Å². The molecule has 2 aliphatic rings. The SMILES string of the molecule is [CH2]C(C)(C)C(C1CCCC1)C1CCCC1. The van der Waals surface area contributed by atoms with Crippen LogP contribution in [0.2, 0.25) is 0 Å². The van der Waals surface area contributed by atoms with Crippen LogP contribution in [0.4, 0.5) is 0 Å². The lowest BCUT2D eigenvalue weighted by Crippen LogP contribution is -2.32. The van der Waals surface area contributed by atoms with Crippen LogP contribution in [-0.2, 0) is 0 Å². The van der Waals surface area contributed by atoms with Crippen molar-refractivity contribution in [1.29, 1.82) is 0 Å². The van der Waals surface area contributed by atoms with Gasteiger partial charge in [-0.05, 0) is 30.1 Å². The standard InChI is InChI=1S/C15H27/c1-15(2,3)14(12-8-4-5-9-12)13-10-6-7-11-13/h12-14H,1,4-11H2,2-3H3. The maximum atomic E-state index is 4.46. The molecule has 2 aliphatic carbocycles. The minimum absolute atomic E-state index is 0.296. The molecule has 0 aromatic rings. The van der Waals surface area contributed by atoms with E-state index in [1.807, 2.05) is 0 Å². The molecule has 0 N–H and O–H groups in total. The molecule has 0 aromatic carbocycles. The van der Waals surface area contributed by atoms with Gasteiger partial charge in [-0.2, -0.15) is 0 Å². The van der Waals surface area contributed by atoms with Gasteiger partial charge in [0.1, 0.15) is 0 Å². The van der Waals surface area contributed by atoms with Crippen molar-refractivity contribution in [3.05, 3.63) is 6.92 Å². The van der Waals surface area contributed by atoms with Gasteiger partial charge in [0.15, 0.2) is 0 Å². The van der Waals surface area contributed by atoms with Crippen LogP contribution in [-0.4, -0.2) is 0 Å². The molecule has 87 valence electrons. The molecule has 0 spiro atoms. The van der Waals surface area contributed by atoms with E-state index in [2.05, 4.69) is 20.8 Å². The normalized spacial score (nSPS) is 25.6. The topological polar surface area (TPSA) is 0 Å². The second-order valence-corrected chi connectivity index (χ2v) is 6.60. The fourth-order valence-corrected chi connectivity index (χ4v) is 4.29. The molecule has 0 aromatic heterocycles. The highest BCUT2D eigenvalue weighted by atomic mass is 14.4. The molecule has 2 rings (SSSR count). The maximum absolute atomic E-state index is 4.46. The second kappa shape index (κ2) is 4.47. The van der Waals surface area contributed by atoms with Crippen LogP contribution in [0, 0.1) is 30.1 Å². The Bertz CT molecular complexity index is 171. The zero-order valence-electron chi connectivity index (χ0n) is 10.6. The van der Waals surface area contributed by atoms with E-state index >= 15 is 0 Å². The fraction of sp³-hybridized carbons (Fsp3) is 0.933. The molecule has 0 bridgehead atoms. The van der Waals surface area contributed by atoms with Crippen LogP contribution in [0.25, 0.3) is 0 Å². The number of hydrogen-bond donors (Lipinski definition) is 0. The van der Waals surface area contributed by atoms with Gasteiger partial charge < -0.3 is 0 Å². The Hall–Kier alpha value is 0. The number of hydrogen-bond acceptors (Lipinski definition) is 0. The van der Waals surface area contributed by atoms with E-state index in [9.17, 15) is 0 Å². The van der Waals surface area contributed by atoms with E-state index in [4.69, 9.17) is 0 Å². The predicted molar refractivity (Wildman–Crippen MR) is 66.5 cm³/mol. The molecule has 0 aliphatic heterocycles. The van der Waals surface area contributed by atoms with Gasteiger partial charge in [-0.3, -0.25) is 0 Å². The van der Waals surface area contributed by atoms with Crippen molar-refractivity contribution in [2.45, 2.75) is 65.2 Å². The predicted octanol–water partition coefficient (Wildman–Crippen LogP) is 4.84. The first kappa shape index (κ1) is 11.5. The molecule has 0 atom stereocenters.